The lowest BCUT2D eigenvalue weighted by Crippen LogP contribution is -2.32. The summed E-state index contributed by atoms with van der Waals surface area (Å²) in [4.78, 5) is 14.5. The van der Waals surface area contributed by atoms with Crippen molar-refractivity contribution in [2.24, 2.45) is 5.92 Å². The van der Waals surface area contributed by atoms with E-state index in [0.717, 1.165) is 38.9 Å². The van der Waals surface area contributed by atoms with Crippen LogP contribution in [0.25, 0.3) is 0 Å². The zero-order chi connectivity index (χ0) is 12.3. The van der Waals surface area contributed by atoms with Crippen molar-refractivity contribution in [1.29, 1.82) is 0 Å². The molecule has 98 valence electrons. The fourth-order valence-electron chi connectivity index (χ4n) is 3.13. The van der Waals surface area contributed by atoms with E-state index in [1.165, 1.54) is 12.8 Å². The Morgan fingerprint density at radius 2 is 1.76 bits per heavy atom. The monoisotopic (exact) mass is 239 g/mol. The van der Waals surface area contributed by atoms with Gasteiger partial charge in [-0.25, -0.2) is 0 Å². The SMILES string of the molecule is CCN(CC)CCC(=O)C1CC2CCC(C1)O2. The molecule has 2 aliphatic heterocycles. The Balaban J connectivity index is 1.76. The number of rotatable bonds is 6. The molecular formula is C14H25NO2. The molecule has 2 saturated heterocycles. The summed E-state index contributed by atoms with van der Waals surface area (Å²) in [5, 5.41) is 0. The second kappa shape index (κ2) is 5.96. The Bertz CT molecular complexity index is 251. The lowest BCUT2D eigenvalue weighted by molar-refractivity contribution is -0.128. The number of fused-ring (bicyclic) bond motifs is 2. The maximum Gasteiger partial charge on any atom is 0.137 e. The highest BCUT2D eigenvalue weighted by Crippen LogP contribution is 2.36. The average Bonchev–Trinajstić information content (AvgIpc) is 2.69. The van der Waals surface area contributed by atoms with Crippen LogP contribution < -0.4 is 0 Å². The molecule has 0 aromatic heterocycles. The quantitative estimate of drug-likeness (QED) is 0.712. The molecule has 0 amide bonds. The van der Waals surface area contributed by atoms with Crippen LogP contribution in [0.3, 0.4) is 0 Å². The molecule has 0 aromatic carbocycles. The topological polar surface area (TPSA) is 29.5 Å². The summed E-state index contributed by atoms with van der Waals surface area (Å²) < 4.78 is 5.78. The highest BCUT2D eigenvalue weighted by atomic mass is 16.5. The maximum atomic E-state index is 12.2. The van der Waals surface area contributed by atoms with E-state index in [4.69, 9.17) is 4.74 Å². The van der Waals surface area contributed by atoms with Gasteiger partial charge in [-0.3, -0.25) is 4.79 Å². The number of Topliss-reactive ketones (excluding diaryl/α,β-unsaturated/α-hetero) is 1. The smallest absolute Gasteiger partial charge is 0.137 e. The minimum atomic E-state index is 0.289. The number of ketones is 1. The van der Waals surface area contributed by atoms with Gasteiger partial charge in [0.1, 0.15) is 5.78 Å². The van der Waals surface area contributed by atoms with Gasteiger partial charge in [0.25, 0.3) is 0 Å². The first kappa shape index (κ1) is 13.0. The van der Waals surface area contributed by atoms with Gasteiger partial charge in [0.2, 0.25) is 0 Å². The first-order valence-electron chi connectivity index (χ1n) is 7.13. The van der Waals surface area contributed by atoms with Crippen LogP contribution in [0.2, 0.25) is 0 Å². The van der Waals surface area contributed by atoms with E-state index in [-0.39, 0.29) is 5.92 Å². The van der Waals surface area contributed by atoms with Gasteiger partial charge in [-0.15, -0.1) is 0 Å². The van der Waals surface area contributed by atoms with Crippen LogP contribution in [-0.4, -0.2) is 42.5 Å². The van der Waals surface area contributed by atoms with Crippen molar-refractivity contribution in [1.82, 2.24) is 4.90 Å². The summed E-state index contributed by atoms with van der Waals surface area (Å²) in [7, 11) is 0. The summed E-state index contributed by atoms with van der Waals surface area (Å²) in [5.41, 5.74) is 0. The number of ether oxygens (including phenoxy) is 1. The summed E-state index contributed by atoms with van der Waals surface area (Å²) in [6, 6.07) is 0. The molecule has 17 heavy (non-hydrogen) atoms. The van der Waals surface area contributed by atoms with Gasteiger partial charge in [-0.2, -0.15) is 0 Å². The van der Waals surface area contributed by atoms with Crippen LogP contribution >= 0.6 is 0 Å². The molecule has 2 fully saturated rings. The standard InChI is InChI=1S/C14H25NO2/c1-3-15(4-2)8-7-14(16)11-9-12-5-6-13(10-11)17-12/h11-13H,3-10H2,1-2H3. The van der Waals surface area contributed by atoms with Gasteiger partial charge < -0.3 is 9.64 Å². The van der Waals surface area contributed by atoms with Crippen molar-refractivity contribution < 1.29 is 9.53 Å². The minimum Gasteiger partial charge on any atom is -0.375 e. The number of hydrogen-bond donors (Lipinski definition) is 0. The van der Waals surface area contributed by atoms with E-state index in [2.05, 4.69) is 18.7 Å². The molecule has 3 heteroatoms. The number of hydrogen-bond acceptors (Lipinski definition) is 3. The number of carbonyl (C=O) groups is 1. The molecule has 0 N–H and O–H groups in total. The van der Waals surface area contributed by atoms with E-state index in [1.807, 2.05) is 0 Å². The molecular weight excluding hydrogens is 214 g/mol. The van der Waals surface area contributed by atoms with Crippen molar-refractivity contribution in [2.75, 3.05) is 19.6 Å². The Hall–Kier alpha value is -0.410. The first-order chi connectivity index (χ1) is 8.22. The third-order valence-electron chi connectivity index (χ3n) is 4.31. The van der Waals surface area contributed by atoms with Crippen molar-refractivity contribution in [2.45, 2.75) is 58.2 Å². The largest absolute Gasteiger partial charge is 0.375 e. The Morgan fingerprint density at radius 3 is 2.29 bits per heavy atom. The highest BCUT2D eigenvalue weighted by Gasteiger charge is 2.37. The Labute approximate surface area is 105 Å². The van der Waals surface area contributed by atoms with Crippen molar-refractivity contribution >= 4 is 5.78 Å². The summed E-state index contributed by atoms with van der Waals surface area (Å²) in [6.07, 6.45) is 5.80. The molecule has 2 heterocycles. The molecule has 2 atom stereocenters. The van der Waals surface area contributed by atoms with Gasteiger partial charge in [0, 0.05) is 18.9 Å². The van der Waals surface area contributed by atoms with E-state index in [9.17, 15) is 4.79 Å². The summed E-state index contributed by atoms with van der Waals surface area (Å²) in [5.74, 6) is 0.758. The second-order valence-corrected chi connectivity index (χ2v) is 5.37. The average molecular weight is 239 g/mol. The van der Waals surface area contributed by atoms with Crippen molar-refractivity contribution in [3.05, 3.63) is 0 Å². The number of carbonyl (C=O) groups excluding carboxylic acids is 1. The Morgan fingerprint density at radius 1 is 1.18 bits per heavy atom. The maximum absolute atomic E-state index is 12.2. The lowest BCUT2D eigenvalue weighted by Gasteiger charge is -2.28. The molecule has 2 rings (SSSR count). The van der Waals surface area contributed by atoms with Gasteiger partial charge in [-0.1, -0.05) is 13.8 Å². The molecule has 0 spiro atoms. The molecule has 0 aliphatic carbocycles. The second-order valence-electron chi connectivity index (χ2n) is 5.37. The number of nitrogens with zero attached hydrogens (tertiary/aromatic N) is 1. The van der Waals surface area contributed by atoms with Gasteiger partial charge in [-0.05, 0) is 38.8 Å². The fraction of sp³-hybridized carbons (Fsp3) is 0.929. The molecule has 2 unspecified atom stereocenters. The minimum absolute atomic E-state index is 0.289. The molecule has 3 nitrogen and oxygen atoms in total. The third kappa shape index (κ3) is 3.29. The zero-order valence-electron chi connectivity index (χ0n) is 11.2. The van der Waals surface area contributed by atoms with E-state index in [0.29, 0.717) is 18.0 Å². The summed E-state index contributed by atoms with van der Waals surface area (Å²) in [6.45, 7) is 7.33. The molecule has 2 bridgehead atoms. The predicted molar refractivity (Wildman–Crippen MR) is 68.0 cm³/mol. The molecule has 2 aliphatic rings. The van der Waals surface area contributed by atoms with Crippen LogP contribution in [0.4, 0.5) is 0 Å². The van der Waals surface area contributed by atoms with E-state index in [1.54, 1.807) is 0 Å². The van der Waals surface area contributed by atoms with E-state index < -0.39 is 0 Å². The third-order valence-corrected chi connectivity index (χ3v) is 4.31. The normalized spacial score (nSPS) is 32.1. The first-order valence-corrected chi connectivity index (χ1v) is 7.13. The molecule has 0 saturated carbocycles. The summed E-state index contributed by atoms with van der Waals surface area (Å²) >= 11 is 0. The zero-order valence-corrected chi connectivity index (χ0v) is 11.2. The van der Waals surface area contributed by atoms with Gasteiger partial charge >= 0.3 is 0 Å². The van der Waals surface area contributed by atoms with Gasteiger partial charge in [0.05, 0.1) is 12.2 Å². The van der Waals surface area contributed by atoms with Crippen molar-refractivity contribution in [3.8, 4) is 0 Å². The van der Waals surface area contributed by atoms with Crippen LogP contribution in [0, 0.1) is 5.92 Å². The highest BCUT2D eigenvalue weighted by molar-refractivity contribution is 5.81. The van der Waals surface area contributed by atoms with Crippen LogP contribution in [-0.2, 0) is 9.53 Å². The Kier molecular flexibility index (Phi) is 4.57. The fourth-order valence-corrected chi connectivity index (χ4v) is 3.13. The van der Waals surface area contributed by atoms with Gasteiger partial charge in [0.15, 0.2) is 0 Å². The predicted octanol–water partition coefficient (Wildman–Crippen LogP) is 2.25. The van der Waals surface area contributed by atoms with Crippen LogP contribution in [0.15, 0.2) is 0 Å². The lowest BCUT2D eigenvalue weighted by atomic mass is 9.90. The van der Waals surface area contributed by atoms with E-state index >= 15 is 0 Å². The molecule has 0 aromatic rings. The van der Waals surface area contributed by atoms with Crippen LogP contribution in [0.1, 0.15) is 46.0 Å². The van der Waals surface area contributed by atoms with Crippen molar-refractivity contribution in [3.63, 3.8) is 0 Å². The molecule has 0 radical (unpaired) electrons. The van der Waals surface area contributed by atoms with Crippen LogP contribution in [0.5, 0.6) is 0 Å².